The Balaban J connectivity index is 2.86. The van der Waals surface area contributed by atoms with E-state index in [1.165, 1.54) is 6.92 Å². The van der Waals surface area contributed by atoms with Gasteiger partial charge in [0.05, 0.1) is 10.7 Å². The molecule has 0 unspecified atom stereocenters. The van der Waals surface area contributed by atoms with Crippen LogP contribution in [0.4, 0.5) is 5.69 Å². The van der Waals surface area contributed by atoms with Crippen LogP contribution in [0.3, 0.4) is 0 Å². The summed E-state index contributed by atoms with van der Waals surface area (Å²) in [6.07, 6.45) is 0. The Hall–Kier alpha value is -1.02. The smallest absolute Gasteiger partial charge is 0.221 e. The molecule has 0 saturated heterocycles. The molecule has 0 bridgehead atoms. The molecule has 0 fully saturated rings. The molecule has 3 heteroatoms. The zero-order chi connectivity index (χ0) is 8.27. The van der Waals surface area contributed by atoms with Crippen LogP contribution in [-0.2, 0) is 4.79 Å². The molecule has 1 aromatic rings. The van der Waals surface area contributed by atoms with Gasteiger partial charge in [-0.3, -0.25) is 4.79 Å². The van der Waals surface area contributed by atoms with Crippen molar-refractivity contribution in [1.29, 1.82) is 0 Å². The van der Waals surface area contributed by atoms with Crippen molar-refractivity contribution in [3.05, 3.63) is 29.3 Å². The van der Waals surface area contributed by atoms with Crippen molar-refractivity contribution >= 4 is 23.2 Å². The van der Waals surface area contributed by atoms with Crippen LogP contribution in [0.25, 0.3) is 0 Å². The first kappa shape index (κ1) is 8.08. The number of nitrogens with one attached hydrogen (secondary N) is 1. The normalized spacial score (nSPS) is 9.27. The van der Waals surface area contributed by atoms with Crippen LogP contribution >= 0.6 is 11.6 Å². The fourth-order valence-electron chi connectivity index (χ4n) is 0.701. The molecular formula is C8H7ClNO. The van der Waals surface area contributed by atoms with Crippen molar-refractivity contribution in [3.63, 3.8) is 0 Å². The predicted octanol–water partition coefficient (Wildman–Crippen LogP) is 2.10. The van der Waals surface area contributed by atoms with Gasteiger partial charge in [-0.2, -0.15) is 0 Å². The average Bonchev–Trinajstić information content (AvgIpc) is 1.93. The topological polar surface area (TPSA) is 29.1 Å². The lowest BCUT2D eigenvalue weighted by molar-refractivity contribution is -0.114. The molecule has 0 saturated carbocycles. The Morgan fingerprint density at radius 2 is 2.45 bits per heavy atom. The molecule has 0 atom stereocenters. The lowest BCUT2D eigenvalue weighted by Crippen LogP contribution is -2.05. The SMILES string of the molecule is CC(=O)Nc1cc[c]cc1Cl. The van der Waals surface area contributed by atoms with Crippen molar-refractivity contribution < 1.29 is 4.79 Å². The van der Waals surface area contributed by atoms with E-state index in [0.29, 0.717) is 10.7 Å². The maximum atomic E-state index is 10.6. The molecule has 0 aliphatic rings. The number of halogens is 1. The van der Waals surface area contributed by atoms with Crippen LogP contribution in [0.2, 0.25) is 5.02 Å². The summed E-state index contributed by atoms with van der Waals surface area (Å²) in [4.78, 5) is 10.6. The van der Waals surface area contributed by atoms with E-state index in [9.17, 15) is 4.79 Å². The van der Waals surface area contributed by atoms with E-state index in [2.05, 4.69) is 11.4 Å². The minimum absolute atomic E-state index is 0.127. The number of anilines is 1. The summed E-state index contributed by atoms with van der Waals surface area (Å²) < 4.78 is 0. The van der Waals surface area contributed by atoms with Gasteiger partial charge in [0.25, 0.3) is 0 Å². The zero-order valence-corrected chi connectivity index (χ0v) is 6.77. The van der Waals surface area contributed by atoms with Crippen LogP contribution < -0.4 is 5.32 Å². The Kier molecular flexibility index (Phi) is 2.49. The quantitative estimate of drug-likeness (QED) is 0.684. The number of rotatable bonds is 1. The summed E-state index contributed by atoms with van der Waals surface area (Å²) in [6, 6.07) is 7.78. The maximum Gasteiger partial charge on any atom is 0.221 e. The second kappa shape index (κ2) is 3.39. The lowest BCUT2D eigenvalue weighted by Gasteiger charge is -2.02. The molecule has 0 aliphatic carbocycles. The minimum Gasteiger partial charge on any atom is -0.325 e. The average molecular weight is 169 g/mol. The molecule has 57 valence electrons. The second-order valence-corrected chi connectivity index (χ2v) is 2.49. The maximum absolute atomic E-state index is 10.6. The van der Waals surface area contributed by atoms with E-state index in [0.717, 1.165) is 0 Å². The van der Waals surface area contributed by atoms with Gasteiger partial charge in [-0.05, 0) is 18.2 Å². The monoisotopic (exact) mass is 168 g/mol. The van der Waals surface area contributed by atoms with Gasteiger partial charge in [0, 0.05) is 6.92 Å². The molecule has 0 heterocycles. The molecular weight excluding hydrogens is 162 g/mol. The summed E-state index contributed by atoms with van der Waals surface area (Å²) in [7, 11) is 0. The highest BCUT2D eigenvalue weighted by molar-refractivity contribution is 6.33. The second-order valence-electron chi connectivity index (χ2n) is 2.09. The summed E-state index contributed by atoms with van der Waals surface area (Å²) in [5, 5.41) is 3.08. The number of benzene rings is 1. The number of hydrogen-bond donors (Lipinski definition) is 1. The van der Waals surface area contributed by atoms with E-state index in [1.807, 2.05) is 0 Å². The Bertz CT molecular complexity index is 273. The minimum atomic E-state index is -0.127. The molecule has 1 amide bonds. The van der Waals surface area contributed by atoms with Crippen LogP contribution in [0.1, 0.15) is 6.92 Å². The van der Waals surface area contributed by atoms with E-state index in [4.69, 9.17) is 11.6 Å². The summed E-state index contributed by atoms with van der Waals surface area (Å²) in [5.41, 5.74) is 0.623. The molecule has 11 heavy (non-hydrogen) atoms. The highest BCUT2D eigenvalue weighted by Gasteiger charge is 1.98. The molecule has 1 radical (unpaired) electrons. The standard InChI is InChI=1S/C8H7ClNO/c1-6(11)10-8-5-3-2-4-7(8)9/h3-5H,1H3,(H,10,11). The fourth-order valence-corrected chi connectivity index (χ4v) is 0.874. The number of carbonyl (C=O) groups excluding carboxylic acids is 1. The Labute approximate surface area is 70.2 Å². The van der Waals surface area contributed by atoms with Gasteiger partial charge in [-0.25, -0.2) is 0 Å². The summed E-state index contributed by atoms with van der Waals surface area (Å²) in [5.74, 6) is -0.127. The third-order valence-corrected chi connectivity index (χ3v) is 1.44. The highest BCUT2D eigenvalue weighted by Crippen LogP contribution is 2.19. The van der Waals surface area contributed by atoms with Crippen molar-refractivity contribution in [1.82, 2.24) is 0 Å². The molecule has 0 aromatic heterocycles. The highest BCUT2D eigenvalue weighted by atomic mass is 35.5. The number of amides is 1. The first-order chi connectivity index (χ1) is 5.20. The van der Waals surface area contributed by atoms with E-state index in [-0.39, 0.29) is 5.91 Å². The molecule has 0 aliphatic heterocycles. The first-order valence-electron chi connectivity index (χ1n) is 3.13. The van der Waals surface area contributed by atoms with Gasteiger partial charge in [0.1, 0.15) is 0 Å². The van der Waals surface area contributed by atoms with E-state index in [1.54, 1.807) is 18.2 Å². The van der Waals surface area contributed by atoms with Crippen molar-refractivity contribution in [2.75, 3.05) is 5.32 Å². The van der Waals surface area contributed by atoms with Crippen molar-refractivity contribution in [2.45, 2.75) is 6.92 Å². The van der Waals surface area contributed by atoms with Gasteiger partial charge in [0.2, 0.25) is 5.91 Å². The Morgan fingerprint density at radius 1 is 1.73 bits per heavy atom. The van der Waals surface area contributed by atoms with Gasteiger partial charge in [-0.15, -0.1) is 0 Å². The molecule has 1 aromatic carbocycles. The van der Waals surface area contributed by atoms with Gasteiger partial charge >= 0.3 is 0 Å². The molecule has 1 N–H and O–H groups in total. The third-order valence-electron chi connectivity index (χ3n) is 1.12. The zero-order valence-electron chi connectivity index (χ0n) is 6.02. The fraction of sp³-hybridized carbons (Fsp3) is 0.125. The van der Waals surface area contributed by atoms with Crippen LogP contribution in [0.5, 0.6) is 0 Å². The van der Waals surface area contributed by atoms with Gasteiger partial charge < -0.3 is 5.32 Å². The number of carbonyl (C=O) groups is 1. The predicted molar refractivity (Wildman–Crippen MR) is 44.6 cm³/mol. The van der Waals surface area contributed by atoms with Crippen LogP contribution in [0, 0.1) is 6.07 Å². The van der Waals surface area contributed by atoms with Crippen molar-refractivity contribution in [2.24, 2.45) is 0 Å². The van der Waals surface area contributed by atoms with Gasteiger partial charge in [-0.1, -0.05) is 17.7 Å². The third kappa shape index (κ3) is 2.24. The van der Waals surface area contributed by atoms with Crippen LogP contribution in [-0.4, -0.2) is 5.91 Å². The first-order valence-corrected chi connectivity index (χ1v) is 3.51. The van der Waals surface area contributed by atoms with Gasteiger partial charge in [0.15, 0.2) is 0 Å². The van der Waals surface area contributed by atoms with Crippen molar-refractivity contribution in [3.8, 4) is 0 Å². The lowest BCUT2D eigenvalue weighted by atomic mass is 10.3. The van der Waals surface area contributed by atoms with Crippen LogP contribution in [0.15, 0.2) is 18.2 Å². The summed E-state index contributed by atoms with van der Waals surface area (Å²) in [6.45, 7) is 1.44. The molecule has 2 nitrogen and oxygen atoms in total. The summed E-state index contributed by atoms with van der Waals surface area (Å²) >= 11 is 5.72. The van der Waals surface area contributed by atoms with E-state index < -0.39 is 0 Å². The van der Waals surface area contributed by atoms with E-state index >= 15 is 0 Å². The largest absolute Gasteiger partial charge is 0.325 e. The molecule has 0 spiro atoms. The molecule has 1 rings (SSSR count). The Morgan fingerprint density at radius 3 is 3.00 bits per heavy atom. The number of hydrogen-bond acceptors (Lipinski definition) is 1.